The van der Waals surface area contributed by atoms with Crippen LogP contribution in [0.3, 0.4) is 0 Å². The second-order valence-corrected chi connectivity index (χ2v) is 4.46. The van der Waals surface area contributed by atoms with Gasteiger partial charge in [0.2, 0.25) is 0 Å². The Kier molecular flexibility index (Phi) is 3.27. The van der Waals surface area contributed by atoms with E-state index in [1.165, 1.54) is 24.8 Å². The van der Waals surface area contributed by atoms with Crippen molar-refractivity contribution in [2.45, 2.75) is 31.7 Å². The van der Waals surface area contributed by atoms with E-state index in [0.717, 1.165) is 12.3 Å². The molecule has 0 heterocycles. The molecule has 0 saturated heterocycles. The molecule has 2 N–H and O–H groups in total. The Morgan fingerprint density at radius 2 is 2.27 bits per heavy atom. The van der Waals surface area contributed by atoms with Crippen LogP contribution in [0.15, 0.2) is 24.3 Å². The number of aromatic hydroxyl groups is 1. The van der Waals surface area contributed by atoms with Crippen molar-refractivity contribution in [2.24, 2.45) is 5.92 Å². The zero-order chi connectivity index (χ0) is 10.7. The molecular formula is C13H19NO. The molecule has 15 heavy (non-hydrogen) atoms. The SMILES string of the molecule is CNC(Cc1cccc(O)c1)C1CCC1. The summed E-state index contributed by atoms with van der Waals surface area (Å²) >= 11 is 0. The molecule has 1 aliphatic rings. The highest BCUT2D eigenvalue weighted by Crippen LogP contribution is 2.31. The average Bonchev–Trinajstić information content (AvgIpc) is 2.14. The Hall–Kier alpha value is -1.02. The predicted molar refractivity (Wildman–Crippen MR) is 62.0 cm³/mol. The summed E-state index contributed by atoms with van der Waals surface area (Å²) in [7, 11) is 2.03. The van der Waals surface area contributed by atoms with Gasteiger partial charge in [0.05, 0.1) is 0 Å². The van der Waals surface area contributed by atoms with E-state index in [2.05, 4.69) is 11.4 Å². The highest BCUT2D eigenvalue weighted by Gasteiger charge is 2.25. The van der Waals surface area contributed by atoms with Gasteiger partial charge in [-0.15, -0.1) is 0 Å². The van der Waals surface area contributed by atoms with Crippen LogP contribution >= 0.6 is 0 Å². The molecule has 0 aliphatic heterocycles. The molecule has 0 amide bonds. The van der Waals surface area contributed by atoms with Crippen molar-refractivity contribution < 1.29 is 5.11 Å². The van der Waals surface area contributed by atoms with Crippen LogP contribution in [0.4, 0.5) is 0 Å². The topological polar surface area (TPSA) is 32.3 Å². The molecule has 2 nitrogen and oxygen atoms in total. The smallest absolute Gasteiger partial charge is 0.115 e. The van der Waals surface area contributed by atoms with Gasteiger partial charge in [-0.2, -0.15) is 0 Å². The Morgan fingerprint density at radius 1 is 1.47 bits per heavy atom. The summed E-state index contributed by atoms with van der Waals surface area (Å²) in [5.41, 5.74) is 1.22. The fraction of sp³-hybridized carbons (Fsp3) is 0.538. The zero-order valence-corrected chi connectivity index (χ0v) is 9.24. The van der Waals surface area contributed by atoms with E-state index < -0.39 is 0 Å². The van der Waals surface area contributed by atoms with Crippen LogP contribution in [-0.4, -0.2) is 18.2 Å². The molecule has 0 spiro atoms. The lowest BCUT2D eigenvalue weighted by Gasteiger charge is -2.33. The van der Waals surface area contributed by atoms with Crippen LogP contribution in [0.1, 0.15) is 24.8 Å². The van der Waals surface area contributed by atoms with Gasteiger partial charge in [-0.05, 0) is 49.9 Å². The first kappa shape index (κ1) is 10.5. The van der Waals surface area contributed by atoms with Crippen LogP contribution in [0.2, 0.25) is 0 Å². The lowest BCUT2D eigenvalue weighted by atomic mass is 9.78. The minimum atomic E-state index is 0.371. The van der Waals surface area contributed by atoms with Gasteiger partial charge in [0.1, 0.15) is 5.75 Å². The maximum absolute atomic E-state index is 9.39. The minimum absolute atomic E-state index is 0.371. The maximum atomic E-state index is 9.39. The molecule has 1 aromatic carbocycles. The van der Waals surface area contributed by atoms with E-state index in [1.807, 2.05) is 19.2 Å². The fourth-order valence-corrected chi connectivity index (χ4v) is 2.28. The molecule has 2 rings (SSSR count). The van der Waals surface area contributed by atoms with Crippen molar-refractivity contribution in [3.63, 3.8) is 0 Å². The monoisotopic (exact) mass is 205 g/mol. The molecule has 2 heteroatoms. The molecule has 1 aliphatic carbocycles. The number of rotatable bonds is 4. The summed E-state index contributed by atoms with van der Waals surface area (Å²) in [6, 6.07) is 8.16. The van der Waals surface area contributed by atoms with Crippen molar-refractivity contribution in [3.8, 4) is 5.75 Å². The molecule has 1 aromatic rings. The summed E-state index contributed by atoms with van der Waals surface area (Å²) in [4.78, 5) is 0. The third-order valence-electron chi connectivity index (χ3n) is 3.46. The van der Waals surface area contributed by atoms with Crippen molar-refractivity contribution >= 4 is 0 Å². The van der Waals surface area contributed by atoms with Crippen LogP contribution < -0.4 is 5.32 Å². The third-order valence-corrected chi connectivity index (χ3v) is 3.46. The van der Waals surface area contributed by atoms with Gasteiger partial charge in [0.15, 0.2) is 0 Å². The number of nitrogens with one attached hydrogen (secondary N) is 1. The average molecular weight is 205 g/mol. The van der Waals surface area contributed by atoms with Gasteiger partial charge in [-0.1, -0.05) is 18.6 Å². The van der Waals surface area contributed by atoms with Gasteiger partial charge in [-0.25, -0.2) is 0 Å². The van der Waals surface area contributed by atoms with E-state index >= 15 is 0 Å². The van der Waals surface area contributed by atoms with Crippen LogP contribution in [0.5, 0.6) is 5.75 Å². The van der Waals surface area contributed by atoms with Crippen molar-refractivity contribution in [1.82, 2.24) is 5.32 Å². The zero-order valence-electron chi connectivity index (χ0n) is 9.24. The second-order valence-electron chi connectivity index (χ2n) is 4.46. The Bertz CT molecular complexity index is 320. The lowest BCUT2D eigenvalue weighted by molar-refractivity contribution is 0.235. The normalized spacial score (nSPS) is 18.5. The van der Waals surface area contributed by atoms with E-state index in [0.29, 0.717) is 11.8 Å². The molecule has 82 valence electrons. The molecule has 1 saturated carbocycles. The number of phenols is 1. The number of benzene rings is 1. The molecular weight excluding hydrogens is 186 g/mol. The summed E-state index contributed by atoms with van der Waals surface area (Å²) in [6.45, 7) is 0. The van der Waals surface area contributed by atoms with Gasteiger partial charge >= 0.3 is 0 Å². The van der Waals surface area contributed by atoms with Crippen LogP contribution in [0.25, 0.3) is 0 Å². The Labute approximate surface area is 91.3 Å². The Balaban J connectivity index is 1.99. The van der Waals surface area contributed by atoms with Crippen LogP contribution in [0, 0.1) is 5.92 Å². The summed E-state index contributed by atoms with van der Waals surface area (Å²) in [5, 5.41) is 12.8. The van der Waals surface area contributed by atoms with Crippen LogP contribution in [-0.2, 0) is 6.42 Å². The van der Waals surface area contributed by atoms with Gasteiger partial charge in [0, 0.05) is 6.04 Å². The lowest BCUT2D eigenvalue weighted by Crippen LogP contribution is -2.38. The van der Waals surface area contributed by atoms with E-state index in [-0.39, 0.29) is 0 Å². The number of hydrogen-bond acceptors (Lipinski definition) is 2. The van der Waals surface area contributed by atoms with E-state index in [9.17, 15) is 5.11 Å². The summed E-state index contributed by atoms with van der Waals surface area (Å²) in [6.07, 6.45) is 5.10. The molecule has 0 radical (unpaired) electrons. The molecule has 1 atom stereocenters. The quantitative estimate of drug-likeness (QED) is 0.790. The third kappa shape index (κ3) is 2.51. The largest absolute Gasteiger partial charge is 0.508 e. The first-order valence-corrected chi connectivity index (χ1v) is 5.75. The number of phenolic OH excluding ortho intramolecular Hbond substituents is 1. The van der Waals surface area contributed by atoms with Crippen molar-refractivity contribution in [1.29, 1.82) is 0 Å². The van der Waals surface area contributed by atoms with Gasteiger partial charge < -0.3 is 10.4 Å². The Morgan fingerprint density at radius 3 is 2.80 bits per heavy atom. The predicted octanol–water partition coefficient (Wildman–Crippen LogP) is 2.32. The molecule has 1 fully saturated rings. The highest BCUT2D eigenvalue weighted by molar-refractivity contribution is 5.27. The van der Waals surface area contributed by atoms with E-state index in [1.54, 1.807) is 6.07 Å². The van der Waals surface area contributed by atoms with Crippen molar-refractivity contribution in [3.05, 3.63) is 29.8 Å². The summed E-state index contributed by atoms with van der Waals surface area (Å²) < 4.78 is 0. The van der Waals surface area contributed by atoms with Gasteiger partial charge in [0.25, 0.3) is 0 Å². The number of likely N-dealkylation sites (N-methyl/N-ethyl adjacent to an activating group) is 1. The minimum Gasteiger partial charge on any atom is -0.508 e. The molecule has 1 unspecified atom stereocenters. The molecule has 0 aromatic heterocycles. The second kappa shape index (κ2) is 4.67. The first-order chi connectivity index (χ1) is 7.29. The molecule has 0 bridgehead atoms. The number of hydrogen-bond donors (Lipinski definition) is 2. The standard InChI is InChI=1S/C13H19NO/c1-14-13(11-5-3-6-11)9-10-4-2-7-12(15)8-10/h2,4,7-8,11,13-15H,3,5-6,9H2,1H3. The van der Waals surface area contributed by atoms with Gasteiger partial charge in [-0.3, -0.25) is 0 Å². The van der Waals surface area contributed by atoms with Crippen molar-refractivity contribution in [2.75, 3.05) is 7.05 Å². The van der Waals surface area contributed by atoms with E-state index in [4.69, 9.17) is 0 Å². The maximum Gasteiger partial charge on any atom is 0.115 e. The fourth-order valence-electron chi connectivity index (χ4n) is 2.28. The highest BCUT2D eigenvalue weighted by atomic mass is 16.3. The first-order valence-electron chi connectivity index (χ1n) is 5.75. The summed E-state index contributed by atoms with van der Waals surface area (Å²) in [5.74, 6) is 1.20.